The van der Waals surface area contributed by atoms with Gasteiger partial charge in [-0.3, -0.25) is 4.79 Å². The van der Waals surface area contributed by atoms with E-state index in [1.54, 1.807) is 0 Å². The molecule has 0 bridgehead atoms. The Morgan fingerprint density at radius 2 is 1.81 bits per heavy atom. The molecule has 0 N–H and O–H groups in total. The standard InChI is InChI=1S/C14H22OSi/c1-12-8-5-6-9-13(12)14(15)10-7-11-16(2,3)4/h5-6,8-9H,7,10-11H2,1-4H3. The van der Waals surface area contributed by atoms with E-state index in [1.165, 1.54) is 6.04 Å². The van der Waals surface area contributed by atoms with E-state index in [0.717, 1.165) is 17.5 Å². The van der Waals surface area contributed by atoms with Crippen molar-refractivity contribution in [3.63, 3.8) is 0 Å². The number of benzene rings is 1. The molecule has 0 saturated carbocycles. The van der Waals surface area contributed by atoms with Crippen LogP contribution in [0.1, 0.15) is 28.8 Å². The predicted octanol–water partition coefficient (Wildman–Crippen LogP) is 4.30. The lowest BCUT2D eigenvalue weighted by Gasteiger charge is -2.14. The summed E-state index contributed by atoms with van der Waals surface area (Å²) in [6.45, 7) is 9.06. The number of carbonyl (C=O) groups is 1. The predicted molar refractivity (Wildman–Crippen MR) is 72.9 cm³/mol. The second-order valence-corrected chi connectivity index (χ2v) is 11.3. The summed E-state index contributed by atoms with van der Waals surface area (Å²) < 4.78 is 0. The maximum absolute atomic E-state index is 12.0. The number of aryl methyl sites for hydroxylation is 1. The maximum atomic E-state index is 12.0. The molecule has 0 atom stereocenters. The van der Waals surface area contributed by atoms with E-state index in [0.29, 0.717) is 12.2 Å². The molecule has 0 aliphatic heterocycles. The van der Waals surface area contributed by atoms with Gasteiger partial charge in [0, 0.05) is 20.1 Å². The molecule has 0 radical (unpaired) electrons. The van der Waals surface area contributed by atoms with Crippen LogP contribution in [0.25, 0.3) is 0 Å². The van der Waals surface area contributed by atoms with Crippen molar-refractivity contribution >= 4 is 13.9 Å². The molecule has 0 fully saturated rings. The van der Waals surface area contributed by atoms with Gasteiger partial charge in [-0.2, -0.15) is 0 Å². The Kier molecular flexibility index (Phi) is 4.48. The van der Waals surface area contributed by atoms with Crippen molar-refractivity contribution in [1.82, 2.24) is 0 Å². The fourth-order valence-electron chi connectivity index (χ4n) is 1.80. The second kappa shape index (κ2) is 5.44. The highest BCUT2D eigenvalue weighted by Gasteiger charge is 2.14. The van der Waals surface area contributed by atoms with Crippen LogP contribution < -0.4 is 0 Å². The van der Waals surface area contributed by atoms with Gasteiger partial charge in [-0.05, 0) is 18.9 Å². The van der Waals surface area contributed by atoms with Crippen LogP contribution in [0.2, 0.25) is 25.7 Å². The van der Waals surface area contributed by atoms with Gasteiger partial charge in [0.25, 0.3) is 0 Å². The zero-order valence-electron chi connectivity index (χ0n) is 10.8. The minimum absolute atomic E-state index is 0.302. The average molecular weight is 234 g/mol. The minimum Gasteiger partial charge on any atom is -0.294 e. The first-order valence-corrected chi connectivity index (χ1v) is 9.70. The lowest BCUT2D eigenvalue weighted by molar-refractivity contribution is 0.0981. The zero-order chi connectivity index (χ0) is 12.2. The largest absolute Gasteiger partial charge is 0.294 e. The normalized spacial score (nSPS) is 11.5. The van der Waals surface area contributed by atoms with Gasteiger partial charge in [-0.15, -0.1) is 0 Å². The lowest BCUT2D eigenvalue weighted by atomic mass is 10.0. The molecule has 0 aliphatic carbocycles. The molecule has 1 nitrogen and oxygen atoms in total. The molecule has 0 amide bonds. The Morgan fingerprint density at radius 3 is 2.38 bits per heavy atom. The molecular weight excluding hydrogens is 212 g/mol. The molecule has 0 spiro atoms. The topological polar surface area (TPSA) is 17.1 Å². The average Bonchev–Trinajstić information content (AvgIpc) is 2.16. The number of carbonyl (C=O) groups excluding carboxylic acids is 1. The van der Waals surface area contributed by atoms with Gasteiger partial charge in [0.1, 0.15) is 0 Å². The van der Waals surface area contributed by atoms with Gasteiger partial charge >= 0.3 is 0 Å². The fraction of sp³-hybridized carbons (Fsp3) is 0.500. The number of ketones is 1. The summed E-state index contributed by atoms with van der Waals surface area (Å²) in [5, 5.41) is 0. The molecule has 1 rings (SSSR count). The molecule has 88 valence electrons. The Morgan fingerprint density at radius 1 is 1.19 bits per heavy atom. The molecule has 0 aliphatic rings. The number of Topliss-reactive ketones (excluding diaryl/α,β-unsaturated/α-hetero) is 1. The van der Waals surface area contributed by atoms with Gasteiger partial charge in [0.15, 0.2) is 5.78 Å². The molecule has 1 aromatic carbocycles. The summed E-state index contributed by atoms with van der Waals surface area (Å²) in [4.78, 5) is 12.0. The van der Waals surface area contributed by atoms with Gasteiger partial charge < -0.3 is 0 Å². The summed E-state index contributed by atoms with van der Waals surface area (Å²) in [6, 6.07) is 9.11. The Labute approximate surface area is 99.9 Å². The van der Waals surface area contributed by atoms with Crippen LogP contribution in [-0.4, -0.2) is 13.9 Å². The summed E-state index contributed by atoms with van der Waals surface area (Å²) >= 11 is 0. The lowest BCUT2D eigenvalue weighted by Crippen LogP contribution is -2.19. The van der Waals surface area contributed by atoms with E-state index in [-0.39, 0.29) is 0 Å². The summed E-state index contributed by atoms with van der Waals surface area (Å²) in [7, 11) is -0.991. The summed E-state index contributed by atoms with van der Waals surface area (Å²) in [5.74, 6) is 0.302. The third-order valence-corrected chi connectivity index (χ3v) is 4.63. The number of hydrogen-bond acceptors (Lipinski definition) is 1. The Balaban J connectivity index is 2.51. The molecular formula is C14H22OSi. The molecule has 0 unspecified atom stereocenters. The molecule has 0 saturated heterocycles. The highest BCUT2D eigenvalue weighted by molar-refractivity contribution is 6.76. The van der Waals surface area contributed by atoms with E-state index in [1.807, 2.05) is 31.2 Å². The Bertz CT molecular complexity index is 363. The van der Waals surface area contributed by atoms with Crippen LogP contribution in [0.5, 0.6) is 0 Å². The van der Waals surface area contributed by atoms with Crippen molar-refractivity contribution in [2.24, 2.45) is 0 Å². The highest BCUT2D eigenvalue weighted by atomic mass is 28.3. The fourth-order valence-corrected chi connectivity index (χ4v) is 3.04. The van der Waals surface area contributed by atoms with Crippen LogP contribution in [0.4, 0.5) is 0 Å². The zero-order valence-corrected chi connectivity index (χ0v) is 11.8. The van der Waals surface area contributed by atoms with E-state index in [2.05, 4.69) is 19.6 Å². The van der Waals surface area contributed by atoms with Crippen LogP contribution in [0.3, 0.4) is 0 Å². The quantitative estimate of drug-likeness (QED) is 0.548. The van der Waals surface area contributed by atoms with Crippen molar-refractivity contribution in [3.05, 3.63) is 35.4 Å². The Hall–Kier alpha value is -0.893. The molecule has 0 aromatic heterocycles. The minimum atomic E-state index is -0.991. The third-order valence-electron chi connectivity index (χ3n) is 2.78. The molecule has 1 aromatic rings. The SMILES string of the molecule is Cc1ccccc1C(=O)CCC[Si](C)(C)C. The molecule has 2 heteroatoms. The van der Waals surface area contributed by atoms with Crippen molar-refractivity contribution in [2.75, 3.05) is 0 Å². The maximum Gasteiger partial charge on any atom is 0.163 e. The highest BCUT2D eigenvalue weighted by Crippen LogP contribution is 2.16. The summed E-state index contributed by atoms with van der Waals surface area (Å²) in [5.41, 5.74) is 2.00. The van der Waals surface area contributed by atoms with E-state index >= 15 is 0 Å². The molecule has 0 heterocycles. The van der Waals surface area contributed by atoms with E-state index in [4.69, 9.17) is 0 Å². The van der Waals surface area contributed by atoms with Crippen molar-refractivity contribution in [1.29, 1.82) is 0 Å². The van der Waals surface area contributed by atoms with Gasteiger partial charge in [0.05, 0.1) is 0 Å². The third kappa shape index (κ3) is 4.31. The number of rotatable bonds is 5. The second-order valence-electron chi connectivity index (χ2n) is 5.65. The van der Waals surface area contributed by atoms with Crippen LogP contribution in [0.15, 0.2) is 24.3 Å². The summed E-state index contributed by atoms with van der Waals surface area (Å²) in [6.07, 6.45) is 1.75. The first-order chi connectivity index (χ1) is 7.40. The first-order valence-electron chi connectivity index (χ1n) is 5.99. The monoisotopic (exact) mass is 234 g/mol. The van der Waals surface area contributed by atoms with Crippen LogP contribution in [0, 0.1) is 6.92 Å². The van der Waals surface area contributed by atoms with Crippen LogP contribution >= 0.6 is 0 Å². The van der Waals surface area contributed by atoms with Gasteiger partial charge in [-0.25, -0.2) is 0 Å². The van der Waals surface area contributed by atoms with Gasteiger partial charge in [-0.1, -0.05) is 50.0 Å². The van der Waals surface area contributed by atoms with Crippen molar-refractivity contribution < 1.29 is 4.79 Å². The first kappa shape index (κ1) is 13.2. The van der Waals surface area contributed by atoms with Crippen LogP contribution in [-0.2, 0) is 0 Å². The van der Waals surface area contributed by atoms with E-state index < -0.39 is 8.07 Å². The number of hydrogen-bond donors (Lipinski definition) is 0. The van der Waals surface area contributed by atoms with Crippen molar-refractivity contribution in [2.45, 2.75) is 45.5 Å². The van der Waals surface area contributed by atoms with E-state index in [9.17, 15) is 4.79 Å². The smallest absolute Gasteiger partial charge is 0.163 e. The van der Waals surface area contributed by atoms with Crippen molar-refractivity contribution in [3.8, 4) is 0 Å². The molecule has 16 heavy (non-hydrogen) atoms. The van der Waals surface area contributed by atoms with Gasteiger partial charge in [0.2, 0.25) is 0 Å².